The summed E-state index contributed by atoms with van der Waals surface area (Å²) in [5.41, 5.74) is 7.99. The standard InChI is InChI=1S/C14H18N2O3/c1-2-19-14(18)12(15)13(17)16-8-7-10-5-3-4-6-11(10)9-16/h3-6,12H,2,7-9,15H2,1H3. The third-order valence-corrected chi connectivity index (χ3v) is 3.25. The summed E-state index contributed by atoms with van der Waals surface area (Å²) < 4.78 is 4.77. The molecule has 0 spiro atoms. The summed E-state index contributed by atoms with van der Waals surface area (Å²) in [6.45, 7) is 3.00. The van der Waals surface area contributed by atoms with Crippen LogP contribution >= 0.6 is 0 Å². The molecule has 19 heavy (non-hydrogen) atoms. The molecule has 0 aliphatic carbocycles. The molecule has 102 valence electrons. The Morgan fingerprint density at radius 3 is 2.74 bits per heavy atom. The van der Waals surface area contributed by atoms with Crippen molar-refractivity contribution < 1.29 is 14.3 Å². The van der Waals surface area contributed by atoms with E-state index in [1.54, 1.807) is 11.8 Å². The average molecular weight is 262 g/mol. The normalized spacial score (nSPS) is 15.6. The van der Waals surface area contributed by atoms with Crippen LogP contribution < -0.4 is 5.73 Å². The zero-order valence-electron chi connectivity index (χ0n) is 11.0. The lowest BCUT2D eigenvalue weighted by molar-refractivity contribution is -0.151. The summed E-state index contributed by atoms with van der Waals surface area (Å²) in [7, 11) is 0. The van der Waals surface area contributed by atoms with E-state index in [-0.39, 0.29) is 12.5 Å². The molecule has 1 aliphatic heterocycles. The van der Waals surface area contributed by atoms with Crippen LogP contribution in [0.15, 0.2) is 24.3 Å². The van der Waals surface area contributed by atoms with Gasteiger partial charge in [-0.1, -0.05) is 24.3 Å². The third kappa shape index (κ3) is 2.93. The smallest absolute Gasteiger partial charge is 0.332 e. The SMILES string of the molecule is CCOC(=O)C(N)C(=O)N1CCc2ccccc2C1. The Hall–Kier alpha value is -1.88. The van der Waals surface area contributed by atoms with Gasteiger partial charge < -0.3 is 15.4 Å². The number of fused-ring (bicyclic) bond motifs is 1. The Balaban J connectivity index is 2.04. The Morgan fingerprint density at radius 1 is 1.37 bits per heavy atom. The molecule has 1 amide bonds. The minimum atomic E-state index is -1.22. The van der Waals surface area contributed by atoms with E-state index in [0.717, 1.165) is 12.0 Å². The van der Waals surface area contributed by atoms with Crippen LogP contribution in [0.2, 0.25) is 0 Å². The van der Waals surface area contributed by atoms with Crippen LogP contribution in [0.25, 0.3) is 0 Å². The van der Waals surface area contributed by atoms with Gasteiger partial charge in [0.25, 0.3) is 5.91 Å². The fraction of sp³-hybridized carbons (Fsp3) is 0.429. The maximum Gasteiger partial charge on any atom is 0.332 e. The lowest BCUT2D eigenvalue weighted by atomic mass is 9.99. The maximum atomic E-state index is 12.1. The van der Waals surface area contributed by atoms with Crippen molar-refractivity contribution in [1.82, 2.24) is 4.90 Å². The first-order chi connectivity index (χ1) is 9.13. The Labute approximate surface area is 112 Å². The summed E-state index contributed by atoms with van der Waals surface area (Å²) >= 11 is 0. The number of rotatable bonds is 3. The van der Waals surface area contributed by atoms with Crippen LogP contribution in [0, 0.1) is 0 Å². The van der Waals surface area contributed by atoms with E-state index in [9.17, 15) is 9.59 Å². The van der Waals surface area contributed by atoms with Crippen LogP contribution in [-0.4, -0.2) is 36.0 Å². The second-order valence-corrected chi connectivity index (χ2v) is 4.51. The second-order valence-electron chi connectivity index (χ2n) is 4.51. The molecule has 0 fully saturated rings. The molecule has 1 heterocycles. The van der Waals surface area contributed by atoms with Crippen LogP contribution in [0.4, 0.5) is 0 Å². The molecule has 0 radical (unpaired) electrons. The van der Waals surface area contributed by atoms with E-state index in [0.29, 0.717) is 13.1 Å². The Bertz CT molecular complexity index is 487. The fourth-order valence-electron chi connectivity index (χ4n) is 2.21. The van der Waals surface area contributed by atoms with Crippen molar-refractivity contribution >= 4 is 11.9 Å². The molecule has 2 rings (SSSR count). The van der Waals surface area contributed by atoms with Gasteiger partial charge in [0.05, 0.1) is 6.61 Å². The zero-order valence-corrected chi connectivity index (χ0v) is 11.0. The lowest BCUT2D eigenvalue weighted by Gasteiger charge is -2.30. The van der Waals surface area contributed by atoms with Crippen LogP contribution in [0.1, 0.15) is 18.1 Å². The van der Waals surface area contributed by atoms with E-state index >= 15 is 0 Å². The number of hydrogen-bond donors (Lipinski definition) is 1. The van der Waals surface area contributed by atoms with Gasteiger partial charge in [0.15, 0.2) is 6.04 Å². The zero-order chi connectivity index (χ0) is 13.8. The first kappa shape index (κ1) is 13.5. The molecular formula is C14H18N2O3. The van der Waals surface area contributed by atoms with Gasteiger partial charge >= 0.3 is 5.97 Å². The third-order valence-electron chi connectivity index (χ3n) is 3.25. The topological polar surface area (TPSA) is 72.6 Å². The number of carbonyl (C=O) groups is 2. The first-order valence-corrected chi connectivity index (χ1v) is 6.41. The van der Waals surface area contributed by atoms with E-state index in [1.807, 2.05) is 18.2 Å². The van der Waals surface area contributed by atoms with Gasteiger partial charge in [-0.05, 0) is 24.5 Å². The molecule has 5 nitrogen and oxygen atoms in total. The molecule has 1 atom stereocenters. The van der Waals surface area contributed by atoms with Gasteiger partial charge in [-0.25, -0.2) is 4.79 Å². The quantitative estimate of drug-likeness (QED) is 0.634. The van der Waals surface area contributed by atoms with Crippen LogP contribution in [0.3, 0.4) is 0 Å². The van der Waals surface area contributed by atoms with Gasteiger partial charge in [0, 0.05) is 13.1 Å². The molecule has 1 aliphatic rings. The predicted octanol–water partition coefficient (Wildman–Crippen LogP) is 0.462. The number of hydrogen-bond acceptors (Lipinski definition) is 4. The lowest BCUT2D eigenvalue weighted by Crippen LogP contribution is -2.50. The molecule has 0 aromatic heterocycles. The summed E-state index contributed by atoms with van der Waals surface area (Å²) in [5.74, 6) is -1.03. The summed E-state index contributed by atoms with van der Waals surface area (Å²) in [6, 6.07) is 6.76. The van der Waals surface area contributed by atoms with E-state index in [2.05, 4.69) is 6.07 Å². The highest BCUT2D eigenvalue weighted by Crippen LogP contribution is 2.18. The average Bonchev–Trinajstić information content (AvgIpc) is 2.45. The Kier molecular flexibility index (Phi) is 4.16. The monoisotopic (exact) mass is 262 g/mol. The molecule has 0 saturated heterocycles. The number of nitrogens with two attached hydrogens (primary N) is 1. The van der Waals surface area contributed by atoms with Crippen molar-refractivity contribution in [3.8, 4) is 0 Å². The highest BCUT2D eigenvalue weighted by Gasteiger charge is 2.30. The van der Waals surface area contributed by atoms with E-state index in [4.69, 9.17) is 10.5 Å². The number of carbonyl (C=O) groups excluding carboxylic acids is 2. The number of amides is 1. The molecule has 0 bridgehead atoms. The van der Waals surface area contributed by atoms with Crippen molar-refractivity contribution in [2.24, 2.45) is 5.73 Å². The van der Waals surface area contributed by atoms with Crippen molar-refractivity contribution in [2.75, 3.05) is 13.2 Å². The molecule has 1 unspecified atom stereocenters. The number of esters is 1. The van der Waals surface area contributed by atoms with E-state index in [1.165, 1.54) is 5.56 Å². The fourth-order valence-corrected chi connectivity index (χ4v) is 2.21. The minimum Gasteiger partial charge on any atom is -0.464 e. The summed E-state index contributed by atoms with van der Waals surface area (Å²) in [4.78, 5) is 25.2. The van der Waals surface area contributed by atoms with Gasteiger partial charge in [-0.3, -0.25) is 4.79 Å². The van der Waals surface area contributed by atoms with Gasteiger partial charge in [0.2, 0.25) is 0 Å². The molecule has 5 heteroatoms. The van der Waals surface area contributed by atoms with E-state index < -0.39 is 12.0 Å². The van der Waals surface area contributed by atoms with Crippen LogP contribution in [-0.2, 0) is 27.3 Å². The maximum absolute atomic E-state index is 12.1. The number of ether oxygens (including phenoxy) is 1. The van der Waals surface area contributed by atoms with Crippen LogP contribution in [0.5, 0.6) is 0 Å². The number of benzene rings is 1. The molecule has 2 N–H and O–H groups in total. The minimum absolute atomic E-state index is 0.225. The number of nitrogens with zero attached hydrogens (tertiary/aromatic N) is 1. The predicted molar refractivity (Wildman–Crippen MR) is 70.2 cm³/mol. The molecule has 1 aromatic rings. The largest absolute Gasteiger partial charge is 0.464 e. The van der Waals surface area contributed by atoms with Crippen molar-refractivity contribution in [3.63, 3.8) is 0 Å². The van der Waals surface area contributed by atoms with Crippen molar-refractivity contribution in [1.29, 1.82) is 0 Å². The van der Waals surface area contributed by atoms with Gasteiger partial charge in [-0.15, -0.1) is 0 Å². The Morgan fingerprint density at radius 2 is 2.05 bits per heavy atom. The highest BCUT2D eigenvalue weighted by atomic mass is 16.5. The molecule has 1 aromatic carbocycles. The molecule has 0 saturated carbocycles. The highest BCUT2D eigenvalue weighted by molar-refractivity contribution is 6.01. The van der Waals surface area contributed by atoms with Crippen molar-refractivity contribution in [2.45, 2.75) is 25.9 Å². The van der Waals surface area contributed by atoms with Gasteiger partial charge in [0.1, 0.15) is 0 Å². The first-order valence-electron chi connectivity index (χ1n) is 6.41. The summed E-state index contributed by atoms with van der Waals surface area (Å²) in [6.07, 6.45) is 0.789. The second kappa shape index (κ2) is 5.84. The van der Waals surface area contributed by atoms with Crippen molar-refractivity contribution in [3.05, 3.63) is 35.4 Å². The van der Waals surface area contributed by atoms with Gasteiger partial charge in [-0.2, -0.15) is 0 Å². The summed E-state index contributed by atoms with van der Waals surface area (Å²) in [5, 5.41) is 0. The molecular weight excluding hydrogens is 244 g/mol.